The largest absolute Gasteiger partial charge is 0.476 e. The van der Waals surface area contributed by atoms with Crippen molar-refractivity contribution >= 4 is 11.8 Å². The second-order valence-electron chi connectivity index (χ2n) is 10.1. The lowest BCUT2D eigenvalue weighted by molar-refractivity contribution is -0.158. The molecule has 2 aromatic rings. The quantitative estimate of drug-likeness (QED) is 0.186. The lowest BCUT2D eigenvalue weighted by Gasteiger charge is -2.24. The standard InChI is InChI=1S/C28H39F3N4O5/c1-6-39-25(37)27(4,5)40-22-13-9-12-21(19-22)11-7-8-16-32-23-24(36)34(18-14-20(2)3)26(38)35(33-23)17-10-15-28(29,30)31/h9,12-14,19H,6-8,10-11,15-18H2,1-5H3,(H,32,33). The molecule has 0 aliphatic carbocycles. The van der Waals surface area contributed by atoms with E-state index in [0.29, 0.717) is 25.1 Å². The van der Waals surface area contributed by atoms with E-state index in [1.807, 2.05) is 32.0 Å². The number of ether oxygens (including phenoxy) is 2. The molecule has 0 aliphatic rings. The average molecular weight is 569 g/mol. The third kappa shape index (κ3) is 10.5. The van der Waals surface area contributed by atoms with Gasteiger partial charge in [0, 0.05) is 26.1 Å². The predicted molar refractivity (Wildman–Crippen MR) is 147 cm³/mol. The van der Waals surface area contributed by atoms with Gasteiger partial charge in [-0.3, -0.25) is 9.36 Å². The van der Waals surface area contributed by atoms with Crippen LogP contribution in [0, 0.1) is 0 Å². The van der Waals surface area contributed by atoms with Crippen LogP contribution in [-0.4, -0.2) is 45.2 Å². The molecule has 222 valence electrons. The van der Waals surface area contributed by atoms with Crippen molar-refractivity contribution in [1.82, 2.24) is 14.3 Å². The fourth-order valence-electron chi connectivity index (χ4n) is 3.75. The maximum atomic E-state index is 12.9. The Kier molecular flexibility index (Phi) is 12.0. The molecule has 9 nitrogen and oxygen atoms in total. The Morgan fingerprint density at radius 3 is 2.50 bits per heavy atom. The number of nitrogens with one attached hydrogen (secondary N) is 1. The van der Waals surface area contributed by atoms with Crippen LogP contribution in [0.15, 0.2) is 45.5 Å². The second-order valence-corrected chi connectivity index (χ2v) is 10.1. The zero-order valence-corrected chi connectivity index (χ0v) is 23.8. The van der Waals surface area contributed by atoms with Gasteiger partial charge in [-0.05, 0) is 78.0 Å². The molecule has 1 N–H and O–H groups in total. The molecule has 0 spiro atoms. The van der Waals surface area contributed by atoms with E-state index in [0.717, 1.165) is 26.8 Å². The summed E-state index contributed by atoms with van der Waals surface area (Å²) in [5.74, 6) is 0.0135. The van der Waals surface area contributed by atoms with E-state index in [2.05, 4.69) is 10.4 Å². The normalized spacial score (nSPS) is 11.7. The van der Waals surface area contributed by atoms with Crippen LogP contribution in [0.1, 0.15) is 65.9 Å². The Balaban J connectivity index is 2.03. The van der Waals surface area contributed by atoms with E-state index < -0.39 is 35.4 Å². The molecule has 0 radical (unpaired) electrons. The first-order valence-electron chi connectivity index (χ1n) is 13.3. The first kappa shape index (κ1) is 32.6. The van der Waals surface area contributed by atoms with Crippen molar-refractivity contribution in [2.24, 2.45) is 0 Å². The van der Waals surface area contributed by atoms with Crippen LogP contribution in [0.5, 0.6) is 5.75 Å². The fourth-order valence-corrected chi connectivity index (χ4v) is 3.75. The molecule has 0 saturated carbocycles. The number of anilines is 1. The Morgan fingerprint density at radius 2 is 1.85 bits per heavy atom. The number of nitrogens with zero attached hydrogens (tertiary/aromatic N) is 3. The van der Waals surface area contributed by atoms with E-state index in [-0.39, 0.29) is 31.9 Å². The van der Waals surface area contributed by atoms with Crippen molar-refractivity contribution in [3.8, 4) is 5.75 Å². The summed E-state index contributed by atoms with van der Waals surface area (Å²) in [4.78, 5) is 37.7. The third-order valence-corrected chi connectivity index (χ3v) is 5.86. The van der Waals surface area contributed by atoms with E-state index in [1.165, 1.54) is 0 Å². The zero-order chi connectivity index (χ0) is 29.9. The number of carbonyl (C=O) groups is 1. The number of rotatable bonds is 15. The predicted octanol–water partition coefficient (Wildman–Crippen LogP) is 4.87. The van der Waals surface area contributed by atoms with Crippen LogP contribution in [0.4, 0.5) is 19.0 Å². The number of aromatic nitrogens is 3. The highest BCUT2D eigenvalue weighted by molar-refractivity contribution is 5.79. The smallest absolute Gasteiger partial charge is 0.389 e. The lowest BCUT2D eigenvalue weighted by Crippen LogP contribution is -2.42. The van der Waals surface area contributed by atoms with Crippen molar-refractivity contribution in [3.63, 3.8) is 0 Å². The van der Waals surface area contributed by atoms with Crippen molar-refractivity contribution in [3.05, 3.63) is 62.3 Å². The highest BCUT2D eigenvalue weighted by Gasteiger charge is 2.31. The molecule has 1 heterocycles. The number of hydrogen-bond donors (Lipinski definition) is 1. The molecule has 12 heteroatoms. The summed E-state index contributed by atoms with van der Waals surface area (Å²) in [7, 11) is 0. The molecule has 0 bridgehead atoms. The van der Waals surface area contributed by atoms with Gasteiger partial charge in [0.25, 0.3) is 5.56 Å². The summed E-state index contributed by atoms with van der Waals surface area (Å²) in [6.45, 7) is 9.03. The fraction of sp³-hybridized carbons (Fsp3) is 0.571. The molecular formula is C28H39F3N4O5. The number of unbranched alkanes of at least 4 members (excludes halogenated alkanes) is 1. The number of allylic oxidation sites excluding steroid dienone is 2. The molecule has 0 amide bonds. The number of esters is 1. The first-order valence-corrected chi connectivity index (χ1v) is 13.3. The second kappa shape index (κ2) is 14.7. The number of benzene rings is 1. The van der Waals surface area contributed by atoms with E-state index in [9.17, 15) is 27.6 Å². The van der Waals surface area contributed by atoms with E-state index in [1.54, 1.807) is 32.9 Å². The van der Waals surface area contributed by atoms with Gasteiger partial charge in [0.1, 0.15) is 5.75 Å². The summed E-state index contributed by atoms with van der Waals surface area (Å²) in [5, 5.41) is 6.97. The van der Waals surface area contributed by atoms with Crippen molar-refractivity contribution in [2.75, 3.05) is 18.5 Å². The minimum atomic E-state index is -4.34. The molecule has 40 heavy (non-hydrogen) atoms. The van der Waals surface area contributed by atoms with Crippen molar-refractivity contribution in [1.29, 1.82) is 0 Å². The molecule has 1 aromatic heterocycles. The van der Waals surface area contributed by atoms with Gasteiger partial charge in [-0.25, -0.2) is 14.3 Å². The third-order valence-electron chi connectivity index (χ3n) is 5.86. The average Bonchev–Trinajstić information content (AvgIpc) is 2.85. The lowest BCUT2D eigenvalue weighted by atomic mass is 10.1. The van der Waals surface area contributed by atoms with E-state index >= 15 is 0 Å². The Bertz CT molecular complexity index is 1280. The van der Waals surface area contributed by atoms with Gasteiger partial charge >= 0.3 is 17.8 Å². The van der Waals surface area contributed by atoms with Crippen LogP contribution >= 0.6 is 0 Å². The highest BCUT2D eigenvalue weighted by Crippen LogP contribution is 2.22. The minimum absolute atomic E-state index is 0.00184. The molecular weight excluding hydrogens is 529 g/mol. The number of carbonyl (C=O) groups excluding carboxylic acids is 1. The van der Waals surface area contributed by atoms with Gasteiger partial charge in [-0.1, -0.05) is 23.8 Å². The topological polar surface area (TPSA) is 104 Å². The van der Waals surface area contributed by atoms with Crippen LogP contribution in [0.25, 0.3) is 0 Å². The SMILES string of the molecule is CCOC(=O)C(C)(C)Oc1cccc(CCCCNc2nn(CCCC(F)(F)F)c(=O)n(CC=C(C)C)c2=O)c1. The monoisotopic (exact) mass is 568 g/mol. The number of alkyl halides is 3. The molecule has 0 atom stereocenters. The van der Waals surface area contributed by atoms with Crippen LogP contribution < -0.4 is 21.3 Å². The Hall–Kier alpha value is -3.57. The summed E-state index contributed by atoms with van der Waals surface area (Å²) in [6, 6.07) is 7.40. The minimum Gasteiger partial charge on any atom is -0.476 e. The van der Waals surface area contributed by atoms with Gasteiger partial charge in [0.05, 0.1) is 6.61 Å². The van der Waals surface area contributed by atoms with Gasteiger partial charge in [-0.2, -0.15) is 13.2 Å². The van der Waals surface area contributed by atoms with Gasteiger partial charge in [0.15, 0.2) is 5.60 Å². The molecule has 1 aromatic carbocycles. The van der Waals surface area contributed by atoms with Crippen molar-refractivity contribution in [2.45, 2.75) is 91.6 Å². The van der Waals surface area contributed by atoms with E-state index in [4.69, 9.17) is 9.47 Å². The number of halogens is 3. The first-order chi connectivity index (χ1) is 18.7. The van der Waals surface area contributed by atoms with Gasteiger partial charge in [-0.15, -0.1) is 5.10 Å². The van der Waals surface area contributed by atoms with Gasteiger partial charge < -0.3 is 14.8 Å². The summed E-state index contributed by atoms with van der Waals surface area (Å²) in [5.41, 5.74) is -0.613. The molecule has 0 unspecified atom stereocenters. The molecule has 0 aliphatic heterocycles. The van der Waals surface area contributed by atoms with Gasteiger partial charge in [0.2, 0.25) is 5.82 Å². The maximum absolute atomic E-state index is 12.9. The Labute approximate surface area is 232 Å². The summed E-state index contributed by atoms with van der Waals surface area (Å²) in [6.07, 6.45) is -1.92. The molecule has 0 saturated heterocycles. The zero-order valence-electron chi connectivity index (χ0n) is 23.8. The highest BCUT2D eigenvalue weighted by atomic mass is 19.4. The number of hydrogen-bond acceptors (Lipinski definition) is 7. The Morgan fingerprint density at radius 1 is 1.12 bits per heavy atom. The maximum Gasteiger partial charge on any atom is 0.389 e. The summed E-state index contributed by atoms with van der Waals surface area (Å²) >= 11 is 0. The van der Waals surface area contributed by atoms with Crippen LogP contribution in [0.3, 0.4) is 0 Å². The van der Waals surface area contributed by atoms with Crippen LogP contribution in [-0.2, 0) is 29.0 Å². The number of aryl methyl sites for hydroxylation is 2. The molecule has 0 fully saturated rings. The summed E-state index contributed by atoms with van der Waals surface area (Å²) < 4.78 is 50.6. The van der Waals surface area contributed by atoms with Crippen LogP contribution in [0.2, 0.25) is 0 Å². The van der Waals surface area contributed by atoms with Crippen molar-refractivity contribution < 1.29 is 27.4 Å². The molecule has 2 rings (SSSR count).